The molecule has 6 heterocycles. The first-order valence-corrected chi connectivity index (χ1v) is 20.8. The van der Waals surface area contributed by atoms with Crippen LogP contribution in [0.15, 0.2) is 53.3 Å². The second kappa shape index (κ2) is 12.5. The summed E-state index contributed by atoms with van der Waals surface area (Å²) in [6, 6.07) is 17.1. The number of aromatic nitrogens is 2. The van der Waals surface area contributed by atoms with Crippen molar-refractivity contribution in [1.29, 1.82) is 0 Å². The van der Waals surface area contributed by atoms with E-state index in [2.05, 4.69) is 39.0 Å². The minimum absolute atomic E-state index is 0.0464. The minimum Gasteiger partial charge on any atom is -0.492 e. The maximum absolute atomic E-state index is 13.4. The van der Waals surface area contributed by atoms with Crippen molar-refractivity contribution in [2.75, 3.05) is 19.7 Å². The monoisotopic (exact) mass is 759 g/mol. The lowest BCUT2D eigenvalue weighted by molar-refractivity contribution is -0.141. The van der Waals surface area contributed by atoms with E-state index in [0.717, 1.165) is 92.7 Å². The molecule has 0 radical (unpaired) electrons. The number of halogens is 1. The van der Waals surface area contributed by atoms with Crippen LogP contribution in [0.4, 0.5) is 0 Å². The van der Waals surface area contributed by atoms with Crippen LogP contribution in [0.3, 0.4) is 0 Å². The van der Waals surface area contributed by atoms with Crippen LogP contribution in [-0.4, -0.2) is 68.1 Å². The maximum atomic E-state index is 13.4. The number of fused-ring (bicyclic) bond motifs is 11. The van der Waals surface area contributed by atoms with Gasteiger partial charge in [0.2, 0.25) is 11.8 Å². The normalized spacial score (nSPS) is 28.0. The van der Waals surface area contributed by atoms with Crippen LogP contribution in [0.25, 0.3) is 16.6 Å². The van der Waals surface area contributed by atoms with E-state index in [0.29, 0.717) is 41.9 Å². The Morgan fingerprint density at radius 2 is 1.75 bits per heavy atom. The Bertz CT molecular complexity index is 2360. The predicted molar refractivity (Wildman–Crippen MR) is 208 cm³/mol. The van der Waals surface area contributed by atoms with E-state index >= 15 is 0 Å². The molecule has 11 heteroatoms. The maximum Gasteiger partial charge on any atom is 0.282 e. The molecule has 4 aromatic rings. The standard InChI is InChI=1S/C44H46ClN5O5/c45-32-5-4-6-33-37(32)40(53)47-42-44(15-2-1-3-16-44)30-11-8-26(22-35(30)50(33)42)25-7-9-27(21-25)48-19-17-43(18-20-48)24-55-38-29-23-49(34-13-14-36(51)46-39(34)52)41(54)28(29)10-12-31(38)43/h4-6,8,10-12,22,25,27,34,41,54H,1-3,7,9,13-21,23-24H2,(H,46,51,52)/t25?,27?,34-,41?/m0/s1. The number of hydrogen-bond donors (Lipinski definition) is 2. The third-order valence-electron chi connectivity index (χ3n) is 14.8. The van der Waals surface area contributed by atoms with Crippen molar-refractivity contribution in [2.24, 2.45) is 0 Å². The van der Waals surface area contributed by atoms with Gasteiger partial charge in [-0.3, -0.25) is 29.2 Å². The number of hydrogen-bond acceptors (Lipinski definition) is 8. The van der Waals surface area contributed by atoms with Crippen molar-refractivity contribution < 1.29 is 19.4 Å². The Morgan fingerprint density at radius 3 is 2.56 bits per heavy atom. The van der Waals surface area contributed by atoms with Crippen molar-refractivity contribution >= 4 is 34.3 Å². The first kappa shape index (κ1) is 34.2. The Morgan fingerprint density at radius 1 is 0.927 bits per heavy atom. The van der Waals surface area contributed by atoms with E-state index in [-0.39, 0.29) is 34.6 Å². The highest BCUT2D eigenvalue weighted by molar-refractivity contribution is 6.35. The topological polar surface area (TPSA) is 117 Å². The minimum atomic E-state index is -0.894. The zero-order chi connectivity index (χ0) is 37.2. The van der Waals surface area contributed by atoms with E-state index in [4.69, 9.17) is 21.3 Å². The molecule has 2 spiro atoms. The second-order valence-electron chi connectivity index (χ2n) is 17.4. The molecule has 2 aliphatic carbocycles. The number of nitrogens with zero attached hydrogens (tertiary/aromatic N) is 4. The van der Waals surface area contributed by atoms with Crippen LogP contribution < -0.4 is 15.6 Å². The van der Waals surface area contributed by atoms with Gasteiger partial charge in [-0.05, 0) is 99.7 Å². The van der Waals surface area contributed by atoms with Crippen molar-refractivity contribution in [3.05, 3.63) is 97.5 Å². The van der Waals surface area contributed by atoms with Gasteiger partial charge in [-0.2, -0.15) is 4.98 Å². The van der Waals surface area contributed by atoms with Crippen molar-refractivity contribution in [1.82, 2.24) is 24.7 Å². The van der Waals surface area contributed by atoms with Gasteiger partial charge in [-0.15, -0.1) is 0 Å². The van der Waals surface area contributed by atoms with Gasteiger partial charge in [-0.1, -0.05) is 61.2 Å². The van der Waals surface area contributed by atoms with Crippen LogP contribution in [0.1, 0.15) is 123 Å². The molecule has 0 bridgehead atoms. The number of aliphatic hydroxyl groups excluding tert-OH is 1. The summed E-state index contributed by atoms with van der Waals surface area (Å²) in [5.74, 6) is 1.68. The molecule has 4 fully saturated rings. The van der Waals surface area contributed by atoms with Gasteiger partial charge < -0.3 is 14.7 Å². The summed E-state index contributed by atoms with van der Waals surface area (Å²) in [5, 5.41) is 14.7. The first-order chi connectivity index (χ1) is 26.7. The average molecular weight is 760 g/mol. The molecular weight excluding hydrogens is 714 g/mol. The van der Waals surface area contributed by atoms with Gasteiger partial charge in [0.1, 0.15) is 17.8 Å². The fourth-order valence-corrected chi connectivity index (χ4v) is 12.2. The summed E-state index contributed by atoms with van der Waals surface area (Å²) in [4.78, 5) is 47.2. The van der Waals surface area contributed by atoms with Crippen molar-refractivity contribution in [2.45, 2.75) is 119 Å². The largest absolute Gasteiger partial charge is 0.492 e. The molecule has 4 atom stereocenters. The summed E-state index contributed by atoms with van der Waals surface area (Å²) in [5.41, 5.74) is 7.27. The zero-order valence-electron chi connectivity index (χ0n) is 31.0. The van der Waals surface area contributed by atoms with Crippen LogP contribution in [0, 0.1) is 0 Å². The number of rotatable bonds is 3. The smallest absolute Gasteiger partial charge is 0.282 e. The zero-order valence-corrected chi connectivity index (χ0v) is 31.7. The lowest BCUT2D eigenvalue weighted by Crippen LogP contribution is -2.51. The molecule has 7 aliphatic rings. The van der Waals surface area contributed by atoms with Crippen LogP contribution >= 0.6 is 11.6 Å². The molecule has 11 rings (SSSR count). The number of imide groups is 1. The number of nitrogens with one attached hydrogen (secondary N) is 1. The Kier molecular flexibility index (Phi) is 7.74. The highest BCUT2D eigenvalue weighted by atomic mass is 35.5. The molecule has 2 saturated carbocycles. The number of carbonyl (C=O) groups is 2. The molecule has 2 saturated heterocycles. The van der Waals surface area contributed by atoms with Crippen molar-refractivity contribution in [3.63, 3.8) is 0 Å². The Balaban J connectivity index is 0.820. The summed E-state index contributed by atoms with van der Waals surface area (Å²) in [6.07, 6.45) is 10.8. The Hall–Kier alpha value is -4.09. The van der Waals surface area contributed by atoms with E-state index in [1.54, 1.807) is 6.07 Å². The first-order valence-electron chi connectivity index (χ1n) is 20.4. The molecule has 55 heavy (non-hydrogen) atoms. The lowest BCUT2D eigenvalue weighted by atomic mass is 9.69. The number of ether oxygens (including phenoxy) is 1. The molecule has 5 aliphatic heterocycles. The molecule has 2 N–H and O–H groups in total. The van der Waals surface area contributed by atoms with Crippen LogP contribution in [0.5, 0.6) is 5.75 Å². The molecule has 3 unspecified atom stereocenters. The lowest BCUT2D eigenvalue weighted by Gasteiger charge is -2.41. The number of carbonyl (C=O) groups excluding carboxylic acids is 2. The SMILES string of the molecule is O=C1CC[C@H](N2Cc3c(ccc4c3OCC43CCN(C4CCC(c5ccc6c(c5)-n5c(nc(=O)c7c(Cl)cccc75)C65CCCCC5)C4)CC3)C2O)C(=O)N1. The molecular formula is C44H46ClN5O5. The van der Waals surface area contributed by atoms with Crippen LogP contribution in [-0.2, 0) is 27.0 Å². The number of benzene rings is 3. The van der Waals surface area contributed by atoms with E-state index in [1.807, 2.05) is 23.1 Å². The van der Waals surface area contributed by atoms with Gasteiger partial charge in [0, 0.05) is 41.1 Å². The molecule has 10 nitrogen and oxygen atoms in total. The van der Waals surface area contributed by atoms with Gasteiger partial charge in [0.05, 0.1) is 39.7 Å². The molecule has 1 aromatic heterocycles. The summed E-state index contributed by atoms with van der Waals surface area (Å²) in [7, 11) is 0. The number of piperidine rings is 2. The highest BCUT2D eigenvalue weighted by Crippen LogP contribution is 2.54. The predicted octanol–water partition coefficient (Wildman–Crippen LogP) is 6.28. The number of amides is 2. The van der Waals surface area contributed by atoms with Gasteiger partial charge in [0.15, 0.2) is 0 Å². The third kappa shape index (κ3) is 4.96. The molecule has 284 valence electrons. The molecule has 2 amide bonds. The fraction of sp³-hybridized carbons (Fsp3) is 0.500. The highest BCUT2D eigenvalue weighted by Gasteiger charge is 2.50. The van der Waals surface area contributed by atoms with E-state index < -0.39 is 12.3 Å². The fourth-order valence-electron chi connectivity index (χ4n) is 11.9. The number of likely N-dealkylation sites (tertiary alicyclic amines) is 1. The van der Waals surface area contributed by atoms with Gasteiger partial charge in [0.25, 0.3) is 5.56 Å². The van der Waals surface area contributed by atoms with Crippen molar-refractivity contribution in [3.8, 4) is 11.4 Å². The second-order valence-corrected chi connectivity index (χ2v) is 17.8. The molecule has 3 aromatic carbocycles. The quantitative estimate of drug-likeness (QED) is 0.235. The average Bonchev–Trinajstić information content (AvgIpc) is 3.96. The Labute approximate surface area is 324 Å². The third-order valence-corrected chi connectivity index (χ3v) is 15.1. The van der Waals surface area contributed by atoms with E-state index in [1.165, 1.54) is 35.2 Å². The number of aliphatic hydroxyl groups is 1. The summed E-state index contributed by atoms with van der Waals surface area (Å²) in [6.45, 7) is 3.13. The van der Waals surface area contributed by atoms with Gasteiger partial charge >= 0.3 is 0 Å². The summed E-state index contributed by atoms with van der Waals surface area (Å²) >= 11 is 6.63. The van der Waals surface area contributed by atoms with Crippen LogP contribution in [0.2, 0.25) is 5.02 Å². The van der Waals surface area contributed by atoms with Gasteiger partial charge in [-0.25, -0.2) is 0 Å². The summed E-state index contributed by atoms with van der Waals surface area (Å²) < 4.78 is 8.77. The van der Waals surface area contributed by atoms with E-state index in [9.17, 15) is 19.5 Å².